The van der Waals surface area contributed by atoms with E-state index in [1.807, 2.05) is 0 Å². The summed E-state index contributed by atoms with van der Waals surface area (Å²) in [6.45, 7) is 6.29. The maximum atomic E-state index is 6.01. The lowest BCUT2D eigenvalue weighted by Crippen LogP contribution is -2.58. The minimum absolute atomic E-state index is 0.0312. The number of ether oxygens (including phenoxy) is 2. The van der Waals surface area contributed by atoms with Crippen LogP contribution in [-0.2, 0) is 9.47 Å². The monoisotopic (exact) mass is 244 g/mol. The van der Waals surface area contributed by atoms with Crippen molar-refractivity contribution in [1.82, 2.24) is 4.90 Å². The number of hydrogen-bond donors (Lipinski definition) is 1. The number of nitrogens with zero attached hydrogens (tertiary/aromatic N) is 1. The van der Waals surface area contributed by atoms with Crippen molar-refractivity contribution in [2.75, 3.05) is 27.3 Å². The summed E-state index contributed by atoms with van der Waals surface area (Å²) in [7, 11) is 3.37. The fourth-order valence-electron chi connectivity index (χ4n) is 2.84. The molecule has 0 saturated carbocycles. The van der Waals surface area contributed by atoms with Crippen molar-refractivity contribution in [3.8, 4) is 0 Å². The highest BCUT2D eigenvalue weighted by atomic mass is 16.7. The van der Waals surface area contributed by atoms with E-state index in [-0.39, 0.29) is 11.8 Å². The maximum Gasteiger partial charge on any atom is 0.158 e. The van der Waals surface area contributed by atoms with E-state index in [1.54, 1.807) is 14.2 Å². The highest BCUT2D eigenvalue weighted by Crippen LogP contribution is 2.29. The van der Waals surface area contributed by atoms with Crippen LogP contribution in [0.25, 0.3) is 0 Å². The molecule has 1 saturated heterocycles. The first kappa shape index (κ1) is 14.9. The lowest BCUT2D eigenvalue weighted by Gasteiger charge is -2.47. The van der Waals surface area contributed by atoms with Gasteiger partial charge in [0, 0.05) is 38.8 Å². The molecule has 4 heteroatoms. The Labute approximate surface area is 105 Å². The van der Waals surface area contributed by atoms with E-state index in [1.165, 1.54) is 19.3 Å². The van der Waals surface area contributed by atoms with Crippen LogP contribution in [0.2, 0.25) is 0 Å². The molecule has 1 rings (SSSR count). The van der Waals surface area contributed by atoms with Crippen LogP contribution in [0.5, 0.6) is 0 Å². The third-order valence-corrected chi connectivity index (χ3v) is 4.07. The van der Waals surface area contributed by atoms with E-state index in [9.17, 15) is 0 Å². The minimum atomic E-state index is -0.169. The quantitative estimate of drug-likeness (QED) is 0.721. The van der Waals surface area contributed by atoms with Gasteiger partial charge in [-0.15, -0.1) is 0 Å². The molecule has 0 bridgehead atoms. The molecule has 0 aromatic heterocycles. The van der Waals surface area contributed by atoms with Gasteiger partial charge in [-0.25, -0.2) is 0 Å². The van der Waals surface area contributed by atoms with Gasteiger partial charge in [-0.2, -0.15) is 0 Å². The van der Waals surface area contributed by atoms with E-state index in [2.05, 4.69) is 18.7 Å². The van der Waals surface area contributed by atoms with E-state index in [0.29, 0.717) is 12.6 Å². The summed E-state index contributed by atoms with van der Waals surface area (Å²) in [6, 6.07) is 0.603. The van der Waals surface area contributed by atoms with Crippen LogP contribution < -0.4 is 5.73 Å². The zero-order valence-corrected chi connectivity index (χ0v) is 11.7. The molecule has 0 aromatic carbocycles. The predicted octanol–water partition coefficient (Wildman–Crippen LogP) is 1.59. The SMILES string of the molecule is COC(CC(C)(CN)N1CCCCC1C)OC. The second-order valence-electron chi connectivity index (χ2n) is 5.34. The topological polar surface area (TPSA) is 47.7 Å². The molecule has 1 heterocycles. The summed E-state index contributed by atoms with van der Waals surface area (Å²) in [5.74, 6) is 0. The molecule has 1 aliphatic heterocycles. The molecule has 0 aromatic rings. The molecule has 2 unspecified atom stereocenters. The summed E-state index contributed by atoms with van der Waals surface area (Å²) in [5, 5.41) is 0. The van der Waals surface area contributed by atoms with Gasteiger partial charge in [0.1, 0.15) is 0 Å². The molecule has 1 fully saturated rings. The van der Waals surface area contributed by atoms with Crippen LogP contribution in [0.3, 0.4) is 0 Å². The van der Waals surface area contributed by atoms with Crippen LogP contribution >= 0.6 is 0 Å². The van der Waals surface area contributed by atoms with Gasteiger partial charge in [-0.1, -0.05) is 6.42 Å². The molecule has 0 aliphatic carbocycles. The standard InChI is InChI=1S/C13H28N2O2/c1-11-7-5-6-8-15(11)13(2,10-14)9-12(16-3)17-4/h11-12H,5-10,14H2,1-4H3. The van der Waals surface area contributed by atoms with Crippen LogP contribution in [0, 0.1) is 0 Å². The summed E-state index contributed by atoms with van der Waals surface area (Å²) >= 11 is 0. The number of methoxy groups -OCH3 is 2. The zero-order valence-electron chi connectivity index (χ0n) is 11.7. The molecule has 2 atom stereocenters. The van der Waals surface area contributed by atoms with Crippen LogP contribution in [0.15, 0.2) is 0 Å². The zero-order chi connectivity index (χ0) is 12.9. The van der Waals surface area contributed by atoms with Crippen molar-refractivity contribution >= 4 is 0 Å². The Hall–Kier alpha value is -0.160. The third-order valence-electron chi connectivity index (χ3n) is 4.07. The number of piperidine rings is 1. The van der Waals surface area contributed by atoms with Crippen molar-refractivity contribution in [2.45, 2.75) is 57.4 Å². The van der Waals surface area contributed by atoms with Crippen molar-refractivity contribution in [3.63, 3.8) is 0 Å². The average molecular weight is 244 g/mol. The Balaban J connectivity index is 2.71. The number of hydrogen-bond acceptors (Lipinski definition) is 4. The highest BCUT2D eigenvalue weighted by molar-refractivity contribution is 4.92. The molecule has 0 radical (unpaired) electrons. The number of likely N-dealkylation sites (tertiary alicyclic amines) is 1. The molecular formula is C13H28N2O2. The second kappa shape index (κ2) is 6.69. The first-order valence-electron chi connectivity index (χ1n) is 6.60. The largest absolute Gasteiger partial charge is 0.356 e. The van der Waals surface area contributed by atoms with Gasteiger partial charge in [0.05, 0.1) is 0 Å². The molecule has 4 nitrogen and oxygen atoms in total. The van der Waals surface area contributed by atoms with Crippen molar-refractivity contribution < 1.29 is 9.47 Å². The van der Waals surface area contributed by atoms with E-state index < -0.39 is 0 Å². The van der Waals surface area contributed by atoms with Crippen molar-refractivity contribution in [1.29, 1.82) is 0 Å². The maximum absolute atomic E-state index is 6.01. The molecular weight excluding hydrogens is 216 g/mol. The summed E-state index contributed by atoms with van der Waals surface area (Å²) in [6.07, 6.45) is 4.51. The predicted molar refractivity (Wildman–Crippen MR) is 69.9 cm³/mol. The molecule has 0 amide bonds. The normalized spacial score (nSPS) is 26.1. The van der Waals surface area contributed by atoms with Gasteiger partial charge >= 0.3 is 0 Å². The molecule has 0 spiro atoms. The Morgan fingerprint density at radius 3 is 2.47 bits per heavy atom. The van der Waals surface area contributed by atoms with Gasteiger partial charge in [-0.3, -0.25) is 4.90 Å². The van der Waals surface area contributed by atoms with E-state index >= 15 is 0 Å². The van der Waals surface area contributed by atoms with Crippen LogP contribution in [0.4, 0.5) is 0 Å². The minimum Gasteiger partial charge on any atom is -0.356 e. The number of rotatable bonds is 6. The Morgan fingerprint density at radius 2 is 2.00 bits per heavy atom. The molecule has 102 valence electrons. The highest BCUT2D eigenvalue weighted by Gasteiger charge is 2.37. The first-order valence-corrected chi connectivity index (χ1v) is 6.60. The van der Waals surface area contributed by atoms with Gasteiger partial charge in [0.2, 0.25) is 0 Å². The lowest BCUT2D eigenvalue weighted by molar-refractivity contribution is -0.133. The Morgan fingerprint density at radius 1 is 1.35 bits per heavy atom. The Bertz CT molecular complexity index is 221. The van der Waals surface area contributed by atoms with E-state index in [4.69, 9.17) is 15.2 Å². The fourth-order valence-corrected chi connectivity index (χ4v) is 2.84. The summed E-state index contributed by atoms with van der Waals surface area (Å²) in [4.78, 5) is 2.53. The first-order chi connectivity index (χ1) is 8.07. The van der Waals surface area contributed by atoms with Crippen LogP contribution in [-0.4, -0.2) is 50.1 Å². The Kier molecular flexibility index (Phi) is 5.86. The molecule has 2 N–H and O–H groups in total. The van der Waals surface area contributed by atoms with Gasteiger partial charge in [0.25, 0.3) is 0 Å². The van der Waals surface area contributed by atoms with Crippen LogP contribution in [0.1, 0.15) is 39.5 Å². The third kappa shape index (κ3) is 3.65. The number of nitrogens with two attached hydrogens (primary N) is 1. The average Bonchev–Trinajstić information content (AvgIpc) is 2.36. The smallest absolute Gasteiger partial charge is 0.158 e. The molecule has 17 heavy (non-hydrogen) atoms. The molecule has 1 aliphatic rings. The lowest BCUT2D eigenvalue weighted by atomic mass is 9.89. The van der Waals surface area contributed by atoms with Gasteiger partial charge in [0.15, 0.2) is 6.29 Å². The van der Waals surface area contributed by atoms with Gasteiger partial charge < -0.3 is 15.2 Å². The summed E-state index contributed by atoms with van der Waals surface area (Å²) in [5.41, 5.74) is 5.97. The van der Waals surface area contributed by atoms with E-state index in [0.717, 1.165) is 13.0 Å². The second-order valence-corrected chi connectivity index (χ2v) is 5.34. The fraction of sp³-hybridized carbons (Fsp3) is 1.00. The summed E-state index contributed by atoms with van der Waals surface area (Å²) < 4.78 is 10.6. The van der Waals surface area contributed by atoms with Crippen molar-refractivity contribution in [2.24, 2.45) is 5.73 Å². The van der Waals surface area contributed by atoms with Crippen molar-refractivity contribution in [3.05, 3.63) is 0 Å². The van der Waals surface area contributed by atoms with Gasteiger partial charge in [-0.05, 0) is 33.2 Å².